The predicted molar refractivity (Wildman–Crippen MR) is 77.3 cm³/mol. The molecule has 8 heteroatoms. The fraction of sp³-hybridized carbons (Fsp3) is 0.818. The van der Waals surface area contributed by atoms with Crippen LogP contribution in [0.4, 0.5) is 0 Å². The summed E-state index contributed by atoms with van der Waals surface area (Å²) in [5.74, 6) is 0. The zero-order valence-electron chi connectivity index (χ0n) is 11.0. The van der Waals surface area contributed by atoms with E-state index in [4.69, 9.17) is 11.6 Å². The van der Waals surface area contributed by atoms with Crippen LogP contribution in [0, 0.1) is 0 Å². The molecule has 0 bridgehead atoms. The number of hydrogen-bond donors (Lipinski definition) is 0. The maximum Gasteiger partial charge on any atom is 0.151 e. The third kappa shape index (κ3) is 3.65. The molecule has 5 nitrogen and oxygen atoms in total. The average molecular weight is 324 g/mol. The lowest BCUT2D eigenvalue weighted by Gasteiger charge is -2.36. The maximum atomic E-state index is 11.9. The molecule has 1 heterocycles. The number of sulfone groups is 1. The molecular weight excluding hydrogens is 306 g/mol. The van der Waals surface area contributed by atoms with Crippen molar-refractivity contribution in [2.24, 2.45) is 0 Å². The smallest absolute Gasteiger partial charge is 0.151 e. The van der Waals surface area contributed by atoms with E-state index in [0.29, 0.717) is 10.9 Å². The molecule has 0 amide bonds. The van der Waals surface area contributed by atoms with Gasteiger partial charge in [-0.05, 0) is 19.9 Å². The molecule has 1 aromatic rings. The molecule has 2 atom stereocenters. The fourth-order valence-electron chi connectivity index (χ4n) is 2.73. The van der Waals surface area contributed by atoms with E-state index in [9.17, 15) is 8.42 Å². The Morgan fingerprint density at radius 3 is 2.68 bits per heavy atom. The van der Waals surface area contributed by atoms with Crippen LogP contribution in [0.25, 0.3) is 0 Å². The Kier molecular flexibility index (Phi) is 4.81. The summed E-state index contributed by atoms with van der Waals surface area (Å²) in [7, 11) is -1.08. The monoisotopic (exact) mass is 323 g/mol. The van der Waals surface area contributed by atoms with Crippen LogP contribution in [0.2, 0.25) is 4.34 Å². The Morgan fingerprint density at radius 2 is 2.11 bits per heavy atom. The van der Waals surface area contributed by atoms with E-state index < -0.39 is 9.84 Å². The van der Waals surface area contributed by atoms with Crippen LogP contribution in [0.3, 0.4) is 0 Å². The molecule has 1 saturated carbocycles. The van der Waals surface area contributed by atoms with E-state index in [0.717, 1.165) is 42.9 Å². The Balaban J connectivity index is 2.12. The van der Waals surface area contributed by atoms with E-state index in [1.54, 1.807) is 0 Å². The highest BCUT2D eigenvalue weighted by atomic mass is 35.5. The van der Waals surface area contributed by atoms with Crippen LogP contribution in [0.1, 0.15) is 31.4 Å². The second-order valence-electron chi connectivity index (χ2n) is 5.13. The minimum atomic E-state index is -3.02. The molecule has 0 spiro atoms. The van der Waals surface area contributed by atoms with E-state index in [1.807, 2.05) is 11.9 Å². The molecule has 0 unspecified atom stereocenters. The van der Waals surface area contributed by atoms with Crippen LogP contribution >= 0.6 is 23.1 Å². The van der Waals surface area contributed by atoms with Crippen molar-refractivity contribution in [2.75, 3.05) is 13.3 Å². The Morgan fingerprint density at radius 1 is 1.42 bits per heavy atom. The molecule has 0 N–H and O–H groups in total. The molecule has 0 radical (unpaired) electrons. The standard InChI is InChI=1S/C11H18ClN3O2S2/c1-15(7-8-11(12)18-14-13-8)9-5-3-4-6-10(9)19(2,16)17/h9-10H,3-7H2,1-2H3/t9-,10+/m0/s1. The predicted octanol–water partition coefficient (Wildman–Crippen LogP) is 1.98. The lowest BCUT2D eigenvalue weighted by Crippen LogP contribution is -2.46. The molecule has 19 heavy (non-hydrogen) atoms. The Bertz CT molecular complexity index is 532. The van der Waals surface area contributed by atoms with Crippen LogP contribution in [-0.2, 0) is 16.4 Å². The van der Waals surface area contributed by atoms with Gasteiger partial charge < -0.3 is 0 Å². The quantitative estimate of drug-likeness (QED) is 0.847. The molecule has 1 aliphatic rings. The zero-order chi connectivity index (χ0) is 14.0. The summed E-state index contributed by atoms with van der Waals surface area (Å²) in [5, 5.41) is 3.70. The highest BCUT2D eigenvalue weighted by Crippen LogP contribution is 2.29. The SMILES string of the molecule is CN(Cc1nnsc1Cl)[C@H]1CCCC[C@H]1S(C)(=O)=O. The van der Waals surface area contributed by atoms with E-state index in [2.05, 4.69) is 9.59 Å². The van der Waals surface area contributed by atoms with Gasteiger partial charge in [0.2, 0.25) is 0 Å². The third-order valence-corrected chi connectivity index (χ3v) is 6.33. The lowest BCUT2D eigenvalue weighted by molar-refractivity contribution is 0.185. The van der Waals surface area contributed by atoms with Crippen LogP contribution < -0.4 is 0 Å². The second kappa shape index (κ2) is 6.03. The van der Waals surface area contributed by atoms with E-state index >= 15 is 0 Å². The van der Waals surface area contributed by atoms with Crippen LogP contribution in [-0.4, -0.2) is 47.5 Å². The van der Waals surface area contributed by atoms with Gasteiger partial charge >= 0.3 is 0 Å². The van der Waals surface area contributed by atoms with Gasteiger partial charge in [0.15, 0.2) is 9.84 Å². The first-order valence-corrected chi connectivity index (χ1v) is 9.36. The van der Waals surface area contributed by atoms with Crippen molar-refractivity contribution in [3.8, 4) is 0 Å². The molecule has 2 rings (SSSR count). The Hall–Kier alpha value is -0.240. The maximum absolute atomic E-state index is 11.9. The summed E-state index contributed by atoms with van der Waals surface area (Å²) in [6.07, 6.45) is 5.05. The summed E-state index contributed by atoms with van der Waals surface area (Å²) in [6, 6.07) is 0.0431. The van der Waals surface area contributed by atoms with Crippen molar-refractivity contribution >= 4 is 33.0 Å². The van der Waals surface area contributed by atoms with Gasteiger partial charge in [0.1, 0.15) is 10.0 Å². The first-order valence-electron chi connectivity index (χ1n) is 6.25. The number of nitrogens with zero attached hydrogens (tertiary/aromatic N) is 3. The number of hydrogen-bond acceptors (Lipinski definition) is 6. The summed E-state index contributed by atoms with van der Waals surface area (Å²) in [4.78, 5) is 2.05. The summed E-state index contributed by atoms with van der Waals surface area (Å²) < 4.78 is 28.2. The molecule has 1 aromatic heterocycles. The van der Waals surface area contributed by atoms with Gasteiger partial charge in [0, 0.05) is 30.4 Å². The molecule has 108 valence electrons. The van der Waals surface area contributed by atoms with Gasteiger partial charge in [-0.2, -0.15) is 0 Å². The average Bonchev–Trinajstić information content (AvgIpc) is 2.74. The van der Waals surface area contributed by atoms with Crippen molar-refractivity contribution in [1.82, 2.24) is 14.5 Å². The summed E-state index contributed by atoms with van der Waals surface area (Å²) in [6.45, 7) is 0.548. The van der Waals surface area contributed by atoms with E-state index in [-0.39, 0.29) is 11.3 Å². The zero-order valence-corrected chi connectivity index (χ0v) is 13.4. The van der Waals surface area contributed by atoms with Gasteiger partial charge in [-0.3, -0.25) is 4.90 Å². The summed E-state index contributed by atoms with van der Waals surface area (Å²) >= 11 is 7.16. The highest BCUT2D eigenvalue weighted by Gasteiger charge is 2.35. The lowest BCUT2D eigenvalue weighted by atomic mass is 9.94. The molecular formula is C11H18ClN3O2S2. The molecule has 0 saturated heterocycles. The normalized spacial score (nSPS) is 24.8. The molecule has 1 aliphatic carbocycles. The van der Waals surface area contributed by atoms with Crippen molar-refractivity contribution in [3.05, 3.63) is 10.0 Å². The third-order valence-electron chi connectivity index (χ3n) is 3.69. The van der Waals surface area contributed by atoms with E-state index in [1.165, 1.54) is 6.26 Å². The topological polar surface area (TPSA) is 63.2 Å². The van der Waals surface area contributed by atoms with Gasteiger partial charge in [0.25, 0.3) is 0 Å². The first kappa shape index (κ1) is 15.2. The number of aromatic nitrogens is 2. The molecule has 1 fully saturated rings. The van der Waals surface area contributed by atoms with Gasteiger partial charge in [-0.15, -0.1) is 5.10 Å². The summed E-state index contributed by atoms with van der Waals surface area (Å²) in [5.41, 5.74) is 0.729. The van der Waals surface area contributed by atoms with Crippen LogP contribution in [0.5, 0.6) is 0 Å². The van der Waals surface area contributed by atoms with Crippen LogP contribution in [0.15, 0.2) is 0 Å². The molecule has 0 aromatic carbocycles. The van der Waals surface area contributed by atoms with Crippen molar-refractivity contribution in [1.29, 1.82) is 0 Å². The highest BCUT2D eigenvalue weighted by molar-refractivity contribution is 7.91. The first-order chi connectivity index (χ1) is 8.89. The minimum Gasteiger partial charge on any atom is -0.296 e. The second-order valence-corrected chi connectivity index (χ2v) is 8.75. The Labute approximate surface area is 123 Å². The van der Waals surface area contributed by atoms with Gasteiger partial charge in [0.05, 0.1) is 5.25 Å². The largest absolute Gasteiger partial charge is 0.296 e. The number of rotatable bonds is 4. The molecule has 0 aliphatic heterocycles. The fourth-order valence-corrected chi connectivity index (χ4v) is 4.85. The van der Waals surface area contributed by atoms with Gasteiger partial charge in [-0.25, -0.2) is 8.42 Å². The van der Waals surface area contributed by atoms with Crippen molar-refractivity contribution in [3.63, 3.8) is 0 Å². The van der Waals surface area contributed by atoms with Crippen molar-refractivity contribution < 1.29 is 8.42 Å². The van der Waals surface area contributed by atoms with Gasteiger partial charge in [-0.1, -0.05) is 28.9 Å². The minimum absolute atomic E-state index is 0.0431. The van der Waals surface area contributed by atoms with Crippen molar-refractivity contribution in [2.45, 2.75) is 43.5 Å². The number of halogens is 1.